The number of benzene rings is 1. The van der Waals surface area contributed by atoms with E-state index in [4.69, 9.17) is 10.8 Å². The number of aliphatic carboxylic acids is 1. The maximum absolute atomic E-state index is 12.0. The molecule has 1 saturated heterocycles. The summed E-state index contributed by atoms with van der Waals surface area (Å²) in [6.45, 7) is 0.0336. The summed E-state index contributed by atoms with van der Waals surface area (Å²) >= 11 is 0. The summed E-state index contributed by atoms with van der Waals surface area (Å²) in [5.74, 6) is -1.70. The fourth-order valence-electron chi connectivity index (χ4n) is 2.28. The lowest BCUT2D eigenvalue weighted by molar-refractivity contribution is -0.141. The standard InChI is InChI=1S/C14H13N5O3/c15-13-16-11(8-4-2-1-3-5-8)17-14(18-13)19-7-9(12(21)22)6-10(19)20/h1-5,9H,6-7H2,(H,21,22)(H2,15,16,17,18). The Balaban J connectivity index is 1.97. The van der Waals surface area contributed by atoms with E-state index in [1.165, 1.54) is 4.90 Å². The molecule has 8 heteroatoms. The van der Waals surface area contributed by atoms with Gasteiger partial charge in [-0.15, -0.1) is 0 Å². The Morgan fingerprint density at radius 3 is 2.59 bits per heavy atom. The zero-order valence-corrected chi connectivity index (χ0v) is 11.5. The van der Waals surface area contributed by atoms with Gasteiger partial charge in [-0.2, -0.15) is 15.0 Å². The molecule has 0 aliphatic carbocycles. The van der Waals surface area contributed by atoms with E-state index in [-0.39, 0.29) is 30.8 Å². The average molecular weight is 299 g/mol. The molecule has 1 amide bonds. The number of nitrogen functional groups attached to an aromatic ring is 1. The molecule has 0 spiro atoms. The fourth-order valence-corrected chi connectivity index (χ4v) is 2.28. The van der Waals surface area contributed by atoms with Gasteiger partial charge in [0.05, 0.1) is 5.92 Å². The van der Waals surface area contributed by atoms with Gasteiger partial charge in [0.2, 0.25) is 17.8 Å². The van der Waals surface area contributed by atoms with Crippen LogP contribution in [0.2, 0.25) is 0 Å². The molecule has 1 aromatic carbocycles. The van der Waals surface area contributed by atoms with E-state index in [9.17, 15) is 9.59 Å². The molecule has 0 radical (unpaired) electrons. The third-order valence-corrected chi connectivity index (χ3v) is 3.39. The highest BCUT2D eigenvalue weighted by molar-refractivity contribution is 5.98. The highest BCUT2D eigenvalue weighted by atomic mass is 16.4. The minimum Gasteiger partial charge on any atom is -0.481 e. The first-order chi connectivity index (χ1) is 10.5. The van der Waals surface area contributed by atoms with E-state index in [0.717, 1.165) is 5.56 Å². The van der Waals surface area contributed by atoms with Crippen LogP contribution in [0.15, 0.2) is 30.3 Å². The first-order valence-corrected chi connectivity index (χ1v) is 6.65. The predicted octanol–water partition coefficient (Wildman–Crippen LogP) is 0.558. The molecule has 1 aliphatic heterocycles. The summed E-state index contributed by atoms with van der Waals surface area (Å²) in [6.07, 6.45) is -0.0679. The number of aromatic nitrogens is 3. The van der Waals surface area contributed by atoms with Gasteiger partial charge in [-0.05, 0) is 0 Å². The normalized spacial score (nSPS) is 17.7. The van der Waals surface area contributed by atoms with Crippen LogP contribution in [0.1, 0.15) is 6.42 Å². The van der Waals surface area contributed by atoms with Crippen molar-refractivity contribution in [3.8, 4) is 11.4 Å². The second-order valence-electron chi connectivity index (χ2n) is 4.93. The molecule has 1 fully saturated rings. The SMILES string of the molecule is Nc1nc(-c2ccccc2)nc(N2CC(C(=O)O)CC2=O)n1. The largest absolute Gasteiger partial charge is 0.481 e. The van der Waals surface area contributed by atoms with Crippen molar-refractivity contribution in [1.82, 2.24) is 15.0 Å². The third-order valence-electron chi connectivity index (χ3n) is 3.39. The molecular formula is C14H13N5O3. The van der Waals surface area contributed by atoms with Gasteiger partial charge in [-0.1, -0.05) is 30.3 Å². The molecule has 2 aromatic rings. The Kier molecular flexibility index (Phi) is 3.42. The lowest BCUT2D eigenvalue weighted by Crippen LogP contribution is -2.28. The summed E-state index contributed by atoms with van der Waals surface area (Å²) in [5.41, 5.74) is 6.42. The van der Waals surface area contributed by atoms with Crippen LogP contribution in [0, 0.1) is 5.92 Å². The van der Waals surface area contributed by atoms with Gasteiger partial charge in [0, 0.05) is 18.5 Å². The van der Waals surface area contributed by atoms with E-state index in [1.807, 2.05) is 30.3 Å². The summed E-state index contributed by atoms with van der Waals surface area (Å²) in [7, 11) is 0. The molecule has 3 N–H and O–H groups in total. The Bertz CT molecular complexity index is 735. The van der Waals surface area contributed by atoms with Crippen molar-refractivity contribution in [3.05, 3.63) is 30.3 Å². The Morgan fingerprint density at radius 1 is 1.23 bits per heavy atom. The minimum atomic E-state index is -1.01. The van der Waals surface area contributed by atoms with Crippen molar-refractivity contribution in [2.24, 2.45) is 5.92 Å². The minimum absolute atomic E-state index is 0.0181. The smallest absolute Gasteiger partial charge is 0.308 e. The molecule has 0 saturated carbocycles. The van der Waals surface area contributed by atoms with Gasteiger partial charge in [0.15, 0.2) is 5.82 Å². The Labute approximate surface area is 125 Å². The number of carboxylic acid groups (broad SMARTS) is 1. The second kappa shape index (κ2) is 5.40. The third kappa shape index (κ3) is 2.58. The van der Waals surface area contributed by atoms with E-state index in [1.54, 1.807) is 0 Å². The number of hydrogen-bond donors (Lipinski definition) is 2. The first kappa shape index (κ1) is 13.9. The van der Waals surface area contributed by atoms with Crippen molar-refractivity contribution in [3.63, 3.8) is 0 Å². The van der Waals surface area contributed by atoms with Crippen LogP contribution in [0.3, 0.4) is 0 Å². The highest BCUT2D eigenvalue weighted by Crippen LogP contribution is 2.24. The molecule has 2 heterocycles. The van der Waals surface area contributed by atoms with Crippen LogP contribution in [-0.4, -0.2) is 38.5 Å². The maximum atomic E-state index is 12.0. The number of nitrogens with two attached hydrogens (primary N) is 1. The summed E-state index contributed by atoms with van der Waals surface area (Å²) in [6, 6.07) is 9.14. The molecule has 1 aliphatic rings. The molecule has 1 aromatic heterocycles. The van der Waals surface area contributed by atoms with Gasteiger partial charge in [-0.25, -0.2) is 0 Å². The summed E-state index contributed by atoms with van der Waals surface area (Å²) in [4.78, 5) is 36.5. The van der Waals surface area contributed by atoms with Gasteiger partial charge < -0.3 is 10.8 Å². The summed E-state index contributed by atoms with van der Waals surface area (Å²) in [5, 5.41) is 9.03. The molecule has 8 nitrogen and oxygen atoms in total. The molecule has 0 bridgehead atoms. The Morgan fingerprint density at radius 2 is 1.95 bits per heavy atom. The average Bonchev–Trinajstić information content (AvgIpc) is 2.90. The monoisotopic (exact) mass is 299 g/mol. The predicted molar refractivity (Wildman–Crippen MR) is 77.8 cm³/mol. The number of amides is 1. The van der Waals surface area contributed by atoms with Crippen LogP contribution in [0.25, 0.3) is 11.4 Å². The first-order valence-electron chi connectivity index (χ1n) is 6.65. The van der Waals surface area contributed by atoms with E-state index >= 15 is 0 Å². The van der Waals surface area contributed by atoms with Gasteiger partial charge in [0.1, 0.15) is 0 Å². The zero-order chi connectivity index (χ0) is 15.7. The second-order valence-corrected chi connectivity index (χ2v) is 4.93. The van der Waals surface area contributed by atoms with Crippen LogP contribution in [0.5, 0.6) is 0 Å². The number of carboxylic acids is 1. The molecule has 3 rings (SSSR count). The topological polar surface area (TPSA) is 122 Å². The number of anilines is 2. The molecule has 112 valence electrons. The van der Waals surface area contributed by atoms with Crippen LogP contribution < -0.4 is 10.6 Å². The van der Waals surface area contributed by atoms with E-state index in [2.05, 4.69) is 15.0 Å². The van der Waals surface area contributed by atoms with Gasteiger partial charge >= 0.3 is 5.97 Å². The highest BCUT2D eigenvalue weighted by Gasteiger charge is 2.36. The lowest BCUT2D eigenvalue weighted by Gasteiger charge is -2.14. The number of carbonyl (C=O) groups is 2. The maximum Gasteiger partial charge on any atom is 0.308 e. The summed E-state index contributed by atoms with van der Waals surface area (Å²) < 4.78 is 0. The van der Waals surface area contributed by atoms with E-state index in [0.29, 0.717) is 5.82 Å². The Hall–Kier alpha value is -3.03. The van der Waals surface area contributed by atoms with Crippen molar-refractivity contribution >= 4 is 23.8 Å². The van der Waals surface area contributed by atoms with Gasteiger partial charge in [-0.3, -0.25) is 14.5 Å². The van der Waals surface area contributed by atoms with Crippen molar-refractivity contribution < 1.29 is 14.7 Å². The van der Waals surface area contributed by atoms with Crippen molar-refractivity contribution in [1.29, 1.82) is 0 Å². The zero-order valence-electron chi connectivity index (χ0n) is 11.5. The molecule has 1 unspecified atom stereocenters. The van der Waals surface area contributed by atoms with E-state index < -0.39 is 11.9 Å². The lowest BCUT2D eigenvalue weighted by atomic mass is 10.1. The quantitative estimate of drug-likeness (QED) is 0.848. The molecule has 1 atom stereocenters. The van der Waals surface area contributed by atoms with Crippen LogP contribution in [0.4, 0.5) is 11.9 Å². The molecular weight excluding hydrogens is 286 g/mol. The van der Waals surface area contributed by atoms with Crippen molar-refractivity contribution in [2.75, 3.05) is 17.2 Å². The number of rotatable bonds is 3. The van der Waals surface area contributed by atoms with Crippen LogP contribution in [-0.2, 0) is 9.59 Å². The number of nitrogens with zero attached hydrogens (tertiary/aromatic N) is 4. The fraction of sp³-hybridized carbons (Fsp3) is 0.214. The number of hydrogen-bond acceptors (Lipinski definition) is 6. The molecule has 22 heavy (non-hydrogen) atoms. The van der Waals surface area contributed by atoms with Crippen molar-refractivity contribution in [2.45, 2.75) is 6.42 Å². The van der Waals surface area contributed by atoms with Gasteiger partial charge in [0.25, 0.3) is 0 Å². The number of carbonyl (C=O) groups excluding carboxylic acids is 1. The van der Waals surface area contributed by atoms with Crippen LogP contribution >= 0.6 is 0 Å².